The van der Waals surface area contributed by atoms with Gasteiger partial charge in [0.2, 0.25) is 5.92 Å². The topological polar surface area (TPSA) is 12.0 Å². The zero-order valence-electron chi connectivity index (χ0n) is 11.0. The van der Waals surface area contributed by atoms with Gasteiger partial charge in [-0.3, -0.25) is 0 Å². The van der Waals surface area contributed by atoms with Crippen LogP contribution < -0.4 is 5.32 Å². The van der Waals surface area contributed by atoms with Crippen molar-refractivity contribution in [2.45, 2.75) is 57.4 Å². The van der Waals surface area contributed by atoms with Crippen molar-refractivity contribution in [2.75, 3.05) is 18.6 Å². The maximum atomic E-state index is 13.3. The molecule has 4 heteroatoms. The average molecular weight is 265 g/mol. The third-order valence-corrected chi connectivity index (χ3v) is 4.15. The van der Waals surface area contributed by atoms with E-state index < -0.39 is 5.92 Å². The molecule has 1 rings (SSSR count). The van der Waals surface area contributed by atoms with Crippen LogP contribution in [0.1, 0.15) is 45.4 Å². The van der Waals surface area contributed by atoms with Crippen molar-refractivity contribution < 1.29 is 8.78 Å². The van der Waals surface area contributed by atoms with E-state index in [2.05, 4.69) is 18.5 Å². The van der Waals surface area contributed by atoms with Crippen LogP contribution in [-0.2, 0) is 0 Å². The molecule has 0 radical (unpaired) electrons. The Morgan fingerprint density at radius 1 is 1.47 bits per heavy atom. The van der Waals surface area contributed by atoms with Gasteiger partial charge in [0.05, 0.1) is 0 Å². The number of rotatable bonds is 7. The summed E-state index contributed by atoms with van der Waals surface area (Å²) in [4.78, 5) is 0. The molecule has 0 bridgehead atoms. The highest BCUT2D eigenvalue weighted by Gasteiger charge is 2.36. The number of nitrogens with one attached hydrogen (secondary N) is 1. The number of halogens is 2. The third kappa shape index (κ3) is 6.05. The van der Waals surface area contributed by atoms with Gasteiger partial charge in [-0.05, 0) is 44.4 Å². The first-order valence-electron chi connectivity index (χ1n) is 6.67. The summed E-state index contributed by atoms with van der Waals surface area (Å²) >= 11 is 1.80. The lowest BCUT2D eigenvalue weighted by atomic mass is 9.83. The van der Waals surface area contributed by atoms with Crippen LogP contribution in [0.25, 0.3) is 0 Å². The minimum Gasteiger partial charge on any atom is -0.313 e. The van der Waals surface area contributed by atoms with Crippen LogP contribution in [0.3, 0.4) is 0 Å². The molecular formula is C13H25F2NS. The quantitative estimate of drug-likeness (QED) is 0.748. The maximum Gasteiger partial charge on any atom is 0.248 e. The van der Waals surface area contributed by atoms with Gasteiger partial charge < -0.3 is 5.32 Å². The van der Waals surface area contributed by atoms with Gasteiger partial charge in [0.1, 0.15) is 0 Å². The van der Waals surface area contributed by atoms with Crippen LogP contribution in [0, 0.1) is 5.92 Å². The zero-order chi connectivity index (χ0) is 12.7. The number of thioether (sulfide) groups is 1. The predicted octanol–water partition coefficient (Wildman–Crippen LogP) is 3.93. The zero-order valence-corrected chi connectivity index (χ0v) is 11.8. The molecule has 17 heavy (non-hydrogen) atoms. The van der Waals surface area contributed by atoms with E-state index in [0.717, 1.165) is 31.6 Å². The lowest BCUT2D eigenvalue weighted by Gasteiger charge is -2.31. The Morgan fingerprint density at radius 3 is 2.82 bits per heavy atom. The molecule has 2 unspecified atom stereocenters. The molecule has 0 aromatic heterocycles. The Morgan fingerprint density at radius 2 is 2.24 bits per heavy atom. The monoisotopic (exact) mass is 265 g/mol. The minimum atomic E-state index is -2.41. The van der Waals surface area contributed by atoms with Crippen molar-refractivity contribution in [1.29, 1.82) is 0 Å². The van der Waals surface area contributed by atoms with Crippen molar-refractivity contribution in [1.82, 2.24) is 5.32 Å². The van der Waals surface area contributed by atoms with Gasteiger partial charge in [-0.1, -0.05) is 6.92 Å². The molecule has 0 heterocycles. The Labute approximate surface area is 108 Å². The predicted molar refractivity (Wildman–Crippen MR) is 72.0 cm³/mol. The maximum absolute atomic E-state index is 13.3. The molecule has 1 fully saturated rings. The van der Waals surface area contributed by atoms with Crippen LogP contribution >= 0.6 is 11.8 Å². The molecule has 1 aliphatic carbocycles. The number of alkyl halides is 2. The fourth-order valence-electron chi connectivity index (χ4n) is 2.64. The van der Waals surface area contributed by atoms with Gasteiger partial charge in [0.25, 0.3) is 0 Å². The van der Waals surface area contributed by atoms with Crippen molar-refractivity contribution in [2.24, 2.45) is 5.92 Å². The van der Waals surface area contributed by atoms with Crippen molar-refractivity contribution in [3.8, 4) is 0 Å². The van der Waals surface area contributed by atoms with E-state index in [1.807, 2.05) is 0 Å². The van der Waals surface area contributed by atoms with Crippen LogP contribution in [0.4, 0.5) is 8.78 Å². The summed E-state index contributed by atoms with van der Waals surface area (Å²) < 4.78 is 26.6. The molecule has 0 saturated heterocycles. The molecule has 0 spiro atoms. The average Bonchev–Trinajstić information content (AvgIpc) is 2.25. The highest BCUT2D eigenvalue weighted by molar-refractivity contribution is 7.98. The first-order valence-corrected chi connectivity index (χ1v) is 8.07. The van der Waals surface area contributed by atoms with Gasteiger partial charge in [-0.25, -0.2) is 8.78 Å². The Hall–Kier alpha value is 0.170. The van der Waals surface area contributed by atoms with E-state index in [1.165, 1.54) is 0 Å². The SMILES string of the molecule is CCCNC(CSC)CC1CCCC(F)(F)C1. The van der Waals surface area contributed by atoms with Gasteiger partial charge in [0, 0.05) is 24.6 Å². The van der Waals surface area contributed by atoms with Gasteiger partial charge in [-0.15, -0.1) is 0 Å². The van der Waals surface area contributed by atoms with Crippen molar-refractivity contribution >= 4 is 11.8 Å². The fourth-order valence-corrected chi connectivity index (χ4v) is 3.30. The Kier molecular flexibility index (Phi) is 6.78. The third-order valence-electron chi connectivity index (χ3n) is 3.41. The second kappa shape index (κ2) is 7.57. The standard InChI is InChI=1S/C13H25F2NS/c1-3-7-16-12(10-17-2)8-11-5-4-6-13(14,15)9-11/h11-12,16H,3-10H2,1-2H3. The summed E-state index contributed by atoms with van der Waals surface area (Å²) in [5.41, 5.74) is 0. The van der Waals surface area contributed by atoms with Crippen LogP contribution in [-0.4, -0.2) is 30.5 Å². The highest BCUT2D eigenvalue weighted by atomic mass is 32.2. The molecule has 1 saturated carbocycles. The van der Waals surface area contributed by atoms with Crippen molar-refractivity contribution in [3.05, 3.63) is 0 Å². The van der Waals surface area contributed by atoms with Crippen molar-refractivity contribution in [3.63, 3.8) is 0 Å². The lowest BCUT2D eigenvalue weighted by molar-refractivity contribution is -0.0544. The van der Waals surface area contributed by atoms with Crippen LogP contribution in [0.5, 0.6) is 0 Å². The van der Waals surface area contributed by atoms with Gasteiger partial charge in [0.15, 0.2) is 0 Å². The van der Waals surface area contributed by atoms with E-state index in [0.29, 0.717) is 12.5 Å². The van der Waals surface area contributed by atoms with E-state index in [4.69, 9.17) is 0 Å². The van der Waals surface area contributed by atoms with Crippen LogP contribution in [0.2, 0.25) is 0 Å². The van der Waals surface area contributed by atoms with Crippen LogP contribution in [0.15, 0.2) is 0 Å². The minimum absolute atomic E-state index is 0.0963. The molecular weight excluding hydrogens is 240 g/mol. The molecule has 0 aromatic carbocycles. The summed E-state index contributed by atoms with van der Waals surface area (Å²) in [7, 11) is 0. The smallest absolute Gasteiger partial charge is 0.248 e. The summed E-state index contributed by atoms with van der Waals surface area (Å²) in [6.07, 6.45) is 5.97. The molecule has 102 valence electrons. The summed E-state index contributed by atoms with van der Waals surface area (Å²) in [5, 5.41) is 3.48. The molecule has 1 N–H and O–H groups in total. The first kappa shape index (κ1) is 15.2. The molecule has 0 aromatic rings. The Balaban J connectivity index is 2.37. The highest BCUT2D eigenvalue weighted by Crippen LogP contribution is 2.38. The lowest BCUT2D eigenvalue weighted by Crippen LogP contribution is -2.36. The van der Waals surface area contributed by atoms with E-state index in [-0.39, 0.29) is 18.8 Å². The normalized spacial score (nSPS) is 25.8. The number of hydrogen-bond donors (Lipinski definition) is 1. The largest absolute Gasteiger partial charge is 0.313 e. The van der Waals surface area contributed by atoms with E-state index >= 15 is 0 Å². The summed E-state index contributed by atoms with van der Waals surface area (Å²) in [6, 6.07) is 0.406. The van der Waals surface area contributed by atoms with Gasteiger partial charge >= 0.3 is 0 Å². The summed E-state index contributed by atoms with van der Waals surface area (Å²) in [6.45, 7) is 3.13. The van der Waals surface area contributed by atoms with E-state index in [9.17, 15) is 8.78 Å². The molecule has 1 nitrogen and oxygen atoms in total. The second-order valence-electron chi connectivity index (χ2n) is 5.16. The second-order valence-corrected chi connectivity index (χ2v) is 6.07. The molecule has 1 aliphatic rings. The first-order chi connectivity index (χ1) is 8.07. The molecule has 0 amide bonds. The molecule has 0 aliphatic heterocycles. The van der Waals surface area contributed by atoms with E-state index in [1.54, 1.807) is 11.8 Å². The number of hydrogen-bond acceptors (Lipinski definition) is 2. The van der Waals surface area contributed by atoms with Gasteiger partial charge in [-0.2, -0.15) is 11.8 Å². The summed E-state index contributed by atoms with van der Waals surface area (Å²) in [5.74, 6) is -1.17. The Bertz CT molecular complexity index is 212. The fraction of sp³-hybridized carbons (Fsp3) is 1.00. The molecule has 2 atom stereocenters.